The van der Waals surface area contributed by atoms with E-state index in [0.717, 1.165) is 14.5 Å². The van der Waals surface area contributed by atoms with Crippen molar-refractivity contribution in [2.75, 3.05) is 20.6 Å². The zero-order valence-corrected chi connectivity index (χ0v) is 18.9. The Labute approximate surface area is 176 Å². The zero-order valence-electron chi connectivity index (χ0n) is 15.0. The average Bonchev–Trinajstić information content (AvgIpc) is 2.89. The van der Waals surface area contributed by atoms with E-state index in [1.165, 1.54) is 26.2 Å². The third-order valence-electron chi connectivity index (χ3n) is 3.76. The van der Waals surface area contributed by atoms with Crippen LogP contribution in [0.4, 0.5) is 0 Å². The van der Waals surface area contributed by atoms with Crippen LogP contribution in [0.15, 0.2) is 27.7 Å². The number of aromatic nitrogens is 2. The summed E-state index contributed by atoms with van der Waals surface area (Å²) in [7, 11) is -1.03. The summed E-state index contributed by atoms with van der Waals surface area (Å²) in [5.74, 6) is -0.468. The van der Waals surface area contributed by atoms with Crippen LogP contribution >= 0.6 is 39.1 Å². The summed E-state index contributed by atoms with van der Waals surface area (Å²) in [6.07, 6.45) is 2.51. The van der Waals surface area contributed by atoms with E-state index in [2.05, 4.69) is 26.3 Å². The van der Waals surface area contributed by atoms with Crippen LogP contribution in [0.1, 0.15) is 22.5 Å². The molecule has 0 saturated heterocycles. The minimum Gasteiger partial charge on any atom is -0.352 e. The van der Waals surface area contributed by atoms with Gasteiger partial charge in [0.1, 0.15) is 4.90 Å². The first-order valence-electron chi connectivity index (χ1n) is 7.93. The lowest BCUT2D eigenvalue weighted by molar-refractivity contribution is 0.0952. The van der Waals surface area contributed by atoms with Gasteiger partial charge >= 0.3 is 0 Å². The van der Waals surface area contributed by atoms with E-state index >= 15 is 0 Å². The van der Waals surface area contributed by atoms with Crippen LogP contribution in [0.25, 0.3) is 0 Å². The van der Waals surface area contributed by atoms with E-state index in [1.54, 1.807) is 4.68 Å². The van der Waals surface area contributed by atoms with Crippen LogP contribution in [-0.4, -0.2) is 49.1 Å². The van der Waals surface area contributed by atoms with Gasteiger partial charge in [0.2, 0.25) is 10.0 Å². The summed E-state index contributed by atoms with van der Waals surface area (Å²) in [4.78, 5) is 12.3. The number of hydrogen-bond acceptors (Lipinski definition) is 4. The van der Waals surface area contributed by atoms with Crippen LogP contribution in [0, 0.1) is 6.92 Å². The smallest absolute Gasteiger partial charge is 0.252 e. The number of sulfonamides is 1. The minimum atomic E-state index is -3.80. The van der Waals surface area contributed by atoms with Gasteiger partial charge in [-0.1, -0.05) is 23.2 Å². The van der Waals surface area contributed by atoms with Gasteiger partial charge in [0, 0.05) is 33.4 Å². The summed E-state index contributed by atoms with van der Waals surface area (Å²) in [6.45, 7) is 2.90. The first kappa shape index (κ1) is 22.2. The number of rotatable bonds is 7. The summed E-state index contributed by atoms with van der Waals surface area (Å²) >= 11 is 15.5. The van der Waals surface area contributed by atoms with Gasteiger partial charge in [-0.3, -0.25) is 9.48 Å². The molecule has 11 heteroatoms. The second-order valence-electron chi connectivity index (χ2n) is 5.98. The monoisotopic (exact) mass is 496 g/mol. The van der Waals surface area contributed by atoms with E-state index in [-0.39, 0.29) is 20.5 Å². The summed E-state index contributed by atoms with van der Waals surface area (Å²) < 4.78 is 28.4. The van der Waals surface area contributed by atoms with Crippen molar-refractivity contribution in [3.05, 3.63) is 44.1 Å². The van der Waals surface area contributed by atoms with Crippen molar-refractivity contribution in [2.24, 2.45) is 0 Å². The Morgan fingerprint density at radius 3 is 2.52 bits per heavy atom. The van der Waals surface area contributed by atoms with Gasteiger partial charge in [0.25, 0.3) is 5.91 Å². The van der Waals surface area contributed by atoms with Crippen molar-refractivity contribution in [2.45, 2.75) is 24.8 Å². The van der Waals surface area contributed by atoms with E-state index in [0.29, 0.717) is 19.5 Å². The van der Waals surface area contributed by atoms with Gasteiger partial charge < -0.3 is 5.32 Å². The molecular weight excluding hydrogens is 479 g/mol. The summed E-state index contributed by atoms with van der Waals surface area (Å²) in [6, 6.07) is 2.46. The number of halogens is 3. The molecular formula is C16H19BrCl2N4O3S. The van der Waals surface area contributed by atoms with Gasteiger partial charge in [0.15, 0.2) is 0 Å². The normalized spacial score (nSPS) is 11.8. The fourth-order valence-electron chi connectivity index (χ4n) is 2.24. The maximum atomic E-state index is 12.4. The topological polar surface area (TPSA) is 84.3 Å². The number of nitrogens with one attached hydrogen (secondary N) is 1. The van der Waals surface area contributed by atoms with Crippen LogP contribution in [0.3, 0.4) is 0 Å². The Kier molecular flexibility index (Phi) is 7.32. The van der Waals surface area contributed by atoms with Gasteiger partial charge in [-0.25, -0.2) is 12.7 Å². The average molecular weight is 498 g/mol. The molecule has 0 aliphatic carbocycles. The number of benzene rings is 1. The maximum absolute atomic E-state index is 12.4. The highest BCUT2D eigenvalue weighted by atomic mass is 79.9. The molecule has 0 radical (unpaired) electrons. The van der Waals surface area contributed by atoms with Crippen LogP contribution in [-0.2, 0) is 16.6 Å². The molecule has 0 spiro atoms. The molecule has 0 fully saturated rings. The second-order valence-corrected chi connectivity index (χ2v) is 9.77. The van der Waals surface area contributed by atoms with Crippen molar-refractivity contribution >= 4 is 55.1 Å². The first-order chi connectivity index (χ1) is 12.5. The predicted octanol–water partition coefficient (Wildman–Crippen LogP) is 3.33. The standard InChI is InChI=1S/C16H19BrCl2N4O3S/c1-10-12(17)9-23(21-10)6-4-5-20-16(24)11-7-15(14(19)8-13(11)18)27(25,26)22(2)3/h7-9H,4-6H2,1-3H3,(H,20,24). The molecule has 0 atom stereocenters. The Bertz CT molecular complexity index is 941. The molecule has 0 aliphatic heterocycles. The van der Waals surface area contributed by atoms with Gasteiger partial charge in [0.05, 0.1) is 25.8 Å². The Hall–Kier alpha value is -1.13. The Morgan fingerprint density at radius 2 is 1.96 bits per heavy atom. The van der Waals surface area contributed by atoms with Crippen LogP contribution < -0.4 is 5.32 Å². The fraction of sp³-hybridized carbons (Fsp3) is 0.375. The van der Waals surface area contributed by atoms with Gasteiger partial charge in [-0.15, -0.1) is 0 Å². The van der Waals surface area contributed by atoms with Crippen LogP contribution in [0.2, 0.25) is 10.0 Å². The molecule has 0 saturated carbocycles. The highest BCUT2D eigenvalue weighted by molar-refractivity contribution is 9.10. The summed E-state index contributed by atoms with van der Waals surface area (Å²) in [5.41, 5.74) is 0.945. The van der Waals surface area contributed by atoms with Crippen molar-refractivity contribution in [1.29, 1.82) is 0 Å². The lowest BCUT2D eigenvalue weighted by atomic mass is 10.2. The molecule has 1 heterocycles. The third kappa shape index (κ3) is 5.23. The predicted molar refractivity (Wildman–Crippen MR) is 109 cm³/mol. The van der Waals surface area contributed by atoms with E-state index in [1.807, 2.05) is 13.1 Å². The molecule has 0 aliphatic rings. The SMILES string of the molecule is Cc1nn(CCCNC(=O)c2cc(S(=O)(=O)N(C)C)c(Cl)cc2Cl)cc1Br. The van der Waals surface area contributed by atoms with E-state index in [9.17, 15) is 13.2 Å². The van der Waals surface area contributed by atoms with Crippen molar-refractivity contribution in [1.82, 2.24) is 19.4 Å². The molecule has 148 valence electrons. The number of aryl methyl sites for hydroxylation is 2. The second kappa shape index (κ2) is 8.91. The minimum absolute atomic E-state index is 0.0371. The molecule has 2 rings (SSSR count). The molecule has 1 aromatic carbocycles. The van der Waals surface area contributed by atoms with E-state index in [4.69, 9.17) is 23.2 Å². The lowest BCUT2D eigenvalue weighted by Gasteiger charge is -2.15. The maximum Gasteiger partial charge on any atom is 0.252 e. The van der Waals surface area contributed by atoms with Gasteiger partial charge in [-0.05, 0) is 41.4 Å². The molecule has 7 nitrogen and oxygen atoms in total. The Morgan fingerprint density at radius 1 is 1.30 bits per heavy atom. The highest BCUT2D eigenvalue weighted by Crippen LogP contribution is 2.30. The largest absolute Gasteiger partial charge is 0.352 e. The van der Waals surface area contributed by atoms with Crippen molar-refractivity contribution in [3.8, 4) is 0 Å². The molecule has 1 N–H and O–H groups in total. The molecule has 27 heavy (non-hydrogen) atoms. The lowest BCUT2D eigenvalue weighted by Crippen LogP contribution is -2.27. The number of nitrogens with zero attached hydrogens (tertiary/aromatic N) is 3. The van der Waals surface area contributed by atoms with Crippen molar-refractivity contribution < 1.29 is 13.2 Å². The summed E-state index contributed by atoms with van der Waals surface area (Å²) in [5, 5.41) is 7.09. The Balaban J connectivity index is 2.07. The van der Waals surface area contributed by atoms with Crippen LogP contribution in [0.5, 0.6) is 0 Å². The van der Waals surface area contributed by atoms with E-state index < -0.39 is 15.9 Å². The molecule has 1 aromatic heterocycles. The number of carbonyl (C=O) groups is 1. The molecule has 0 unspecified atom stereocenters. The molecule has 1 amide bonds. The fourth-order valence-corrected chi connectivity index (χ4v) is 4.29. The quantitative estimate of drug-likeness (QED) is 0.594. The zero-order chi connectivity index (χ0) is 20.4. The van der Waals surface area contributed by atoms with Crippen molar-refractivity contribution in [3.63, 3.8) is 0 Å². The molecule has 2 aromatic rings. The third-order valence-corrected chi connectivity index (χ3v) is 7.13. The van der Waals surface area contributed by atoms with Gasteiger partial charge in [-0.2, -0.15) is 5.10 Å². The number of hydrogen-bond donors (Lipinski definition) is 1. The first-order valence-corrected chi connectivity index (χ1v) is 10.9. The number of amides is 1. The number of carbonyl (C=O) groups excluding carboxylic acids is 1. The molecule has 0 bridgehead atoms. The highest BCUT2D eigenvalue weighted by Gasteiger charge is 2.24.